The SMILES string of the molecule is OC(Br)CCCCCc1ccccc1Oc1ccccc1. The fourth-order valence-electron chi connectivity index (χ4n) is 2.23. The van der Waals surface area contributed by atoms with Crippen molar-refractivity contribution in [3.63, 3.8) is 0 Å². The van der Waals surface area contributed by atoms with E-state index in [0.717, 1.165) is 43.6 Å². The molecule has 0 saturated heterocycles. The maximum absolute atomic E-state index is 9.17. The van der Waals surface area contributed by atoms with Gasteiger partial charge >= 0.3 is 0 Å². The summed E-state index contributed by atoms with van der Waals surface area (Å²) < 4.78 is 5.96. The number of hydrogen-bond acceptors (Lipinski definition) is 2. The molecule has 0 aliphatic carbocycles. The van der Waals surface area contributed by atoms with E-state index in [9.17, 15) is 5.11 Å². The first kappa shape index (κ1) is 16.1. The summed E-state index contributed by atoms with van der Waals surface area (Å²) >= 11 is 3.16. The monoisotopic (exact) mass is 348 g/mol. The lowest BCUT2D eigenvalue weighted by molar-refractivity contribution is 0.254. The molecule has 0 heterocycles. The Kier molecular flexibility index (Phi) is 6.77. The summed E-state index contributed by atoms with van der Waals surface area (Å²) in [4.78, 5) is 0. The van der Waals surface area contributed by atoms with Gasteiger partial charge in [-0.3, -0.25) is 0 Å². The van der Waals surface area contributed by atoms with Gasteiger partial charge < -0.3 is 9.84 Å². The van der Waals surface area contributed by atoms with E-state index in [2.05, 4.69) is 28.1 Å². The van der Waals surface area contributed by atoms with Gasteiger partial charge in [-0.1, -0.05) is 58.7 Å². The molecule has 112 valence electrons. The van der Waals surface area contributed by atoms with Crippen molar-refractivity contribution in [1.82, 2.24) is 0 Å². The van der Waals surface area contributed by atoms with Gasteiger partial charge in [-0.05, 0) is 49.4 Å². The molecule has 0 saturated carbocycles. The van der Waals surface area contributed by atoms with Gasteiger partial charge in [-0.25, -0.2) is 0 Å². The van der Waals surface area contributed by atoms with Crippen molar-refractivity contribution >= 4 is 15.9 Å². The predicted molar refractivity (Wildman–Crippen MR) is 90.1 cm³/mol. The number of halogens is 1. The molecule has 0 radical (unpaired) electrons. The van der Waals surface area contributed by atoms with Crippen LogP contribution in [0.3, 0.4) is 0 Å². The number of aliphatic hydroxyl groups is 1. The van der Waals surface area contributed by atoms with Crippen LogP contribution in [0.5, 0.6) is 11.5 Å². The topological polar surface area (TPSA) is 29.5 Å². The Morgan fingerprint density at radius 3 is 2.38 bits per heavy atom. The number of para-hydroxylation sites is 2. The second-order valence-corrected chi connectivity index (χ2v) is 6.11. The molecule has 2 nitrogen and oxygen atoms in total. The Balaban J connectivity index is 1.88. The molecular weight excluding hydrogens is 328 g/mol. The standard InChI is InChI=1S/C18H21BrO2/c19-18(20)14-6-1-3-9-15-10-7-8-13-17(15)21-16-11-4-2-5-12-16/h2,4-5,7-8,10-13,18,20H,1,3,6,9,14H2. The summed E-state index contributed by atoms with van der Waals surface area (Å²) in [6.07, 6.45) is 5.06. The van der Waals surface area contributed by atoms with Gasteiger partial charge in [-0.15, -0.1) is 0 Å². The Bertz CT molecular complexity index is 526. The van der Waals surface area contributed by atoms with E-state index >= 15 is 0 Å². The average Bonchev–Trinajstić information content (AvgIpc) is 2.49. The Morgan fingerprint density at radius 2 is 1.62 bits per heavy atom. The highest BCUT2D eigenvalue weighted by Gasteiger charge is 2.04. The molecule has 1 N–H and O–H groups in total. The molecule has 2 aromatic carbocycles. The van der Waals surface area contributed by atoms with E-state index in [-0.39, 0.29) is 5.01 Å². The van der Waals surface area contributed by atoms with Crippen LogP contribution in [0.1, 0.15) is 31.2 Å². The third-order valence-electron chi connectivity index (χ3n) is 3.33. The van der Waals surface area contributed by atoms with Crippen molar-refractivity contribution in [2.75, 3.05) is 0 Å². The van der Waals surface area contributed by atoms with Crippen LogP contribution in [0.25, 0.3) is 0 Å². The van der Waals surface area contributed by atoms with Crippen LogP contribution in [0.2, 0.25) is 0 Å². The summed E-state index contributed by atoms with van der Waals surface area (Å²) in [5.41, 5.74) is 1.24. The van der Waals surface area contributed by atoms with Gasteiger partial charge in [0.05, 0.1) is 0 Å². The summed E-state index contributed by atoms with van der Waals surface area (Å²) in [7, 11) is 0. The van der Waals surface area contributed by atoms with E-state index < -0.39 is 0 Å². The number of aryl methyl sites for hydroxylation is 1. The maximum Gasteiger partial charge on any atom is 0.130 e. The summed E-state index contributed by atoms with van der Waals surface area (Å²) in [5, 5.41) is 8.80. The number of rotatable bonds is 8. The molecule has 1 unspecified atom stereocenters. The molecule has 3 heteroatoms. The van der Waals surface area contributed by atoms with Crippen LogP contribution in [0.4, 0.5) is 0 Å². The Hall–Kier alpha value is -1.32. The van der Waals surface area contributed by atoms with Crippen molar-refractivity contribution in [3.05, 3.63) is 60.2 Å². The van der Waals surface area contributed by atoms with Gasteiger partial charge in [0.25, 0.3) is 0 Å². The molecule has 21 heavy (non-hydrogen) atoms. The van der Waals surface area contributed by atoms with Gasteiger partial charge in [0.15, 0.2) is 0 Å². The lowest BCUT2D eigenvalue weighted by Crippen LogP contribution is -1.95. The first-order valence-electron chi connectivity index (χ1n) is 7.38. The minimum Gasteiger partial charge on any atom is -0.457 e. The van der Waals surface area contributed by atoms with Crippen molar-refractivity contribution in [1.29, 1.82) is 0 Å². The van der Waals surface area contributed by atoms with Crippen LogP contribution in [-0.2, 0) is 6.42 Å². The van der Waals surface area contributed by atoms with Gasteiger partial charge in [0.1, 0.15) is 16.5 Å². The van der Waals surface area contributed by atoms with Crippen LogP contribution >= 0.6 is 15.9 Å². The molecule has 0 bridgehead atoms. The van der Waals surface area contributed by atoms with Gasteiger partial charge in [0.2, 0.25) is 0 Å². The number of benzene rings is 2. The highest BCUT2D eigenvalue weighted by Crippen LogP contribution is 2.26. The van der Waals surface area contributed by atoms with Crippen molar-refractivity contribution in [3.8, 4) is 11.5 Å². The van der Waals surface area contributed by atoms with Crippen LogP contribution in [0.15, 0.2) is 54.6 Å². The quantitative estimate of drug-likeness (QED) is 0.518. The molecular formula is C18H21BrO2. The largest absolute Gasteiger partial charge is 0.457 e. The number of ether oxygens (including phenoxy) is 1. The summed E-state index contributed by atoms with van der Waals surface area (Å²) in [5.74, 6) is 1.80. The van der Waals surface area contributed by atoms with Crippen LogP contribution in [0, 0.1) is 0 Å². The summed E-state index contributed by atoms with van der Waals surface area (Å²) in [6, 6.07) is 18.1. The second kappa shape index (κ2) is 8.85. The highest BCUT2D eigenvalue weighted by molar-refractivity contribution is 9.09. The van der Waals surface area contributed by atoms with Gasteiger partial charge in [0, 0.05) is 0 Å². The van der Waals surface area contributed by atoms with E-state index in [1.54, 1.807) is 0 Å². The lowest BCUT2D eigenvalue weighted by atomic mass is 10.1. The second-order valence-electron chi connectivity index (χ2n) is 5.06. The van der Waals surface area contributed by atoms with Crippen molar-refractivity contribution < 1.29 is 9.84 Å². The molecule has 0 aromatic heterocycles. The van der Waals surface area contributed by atoms with Crippen molar-refractivity contribution in [2.24, 2.45) is 0 Å². The molecule has 1 atom stereocenters. The lowest BCUT2D eigenvalue weighted by Gasteiger charge is -2.11. The molecule has 0 amide bonds. The van der Waals surface area contributed by atoms with E-state index in [0.29, 0.717) is 0 Å². The van der Waals surface area contributed by atoms with E-state index in [1.807, 2.05) is 42.5 Å². The minimum atomic E-state index is -0.369. The zero-order valence-electron chi connectivity index (χ0n) is 12.0. The summed E-state index contributed by atoms with van der Waals surface area (Å²) in [6.45, 7) is 0. The predicted octanol–water partition coefficient (Wildman–Crippen LogP) is 5.30. The minimum absolute atomic E-state index is 0.369. The maximum atomic E-state index is 9.17. The number of unbranched alkanes of at least 4 members (excludes halogenated alkanes) is 2. The zero-order valence-corrected chi connectivity index (χ0v) is 13.6. The van der Waals surface area contributed by atoms with Crippen LogP contribution < -0.4 is 4.74 Å². The van der Waals surface area contributed by atoms with Crippen molar-refractivity contribution in [2.45, 2.75) is 37.1 Å². The highest BCUT2D eigenvalue weighted by atomic mass is 79.9. The third-order valence-corrected chi connectivity index (χ3v) is 3.79. The van der Waals surface area contributed by atoms with E-state index in [1.165, 1.54) is 5.56 Å². The number of aliphatic hydroxyl groups excluding tert-OH is 1. The average molecular weight is 349 g/mol. The third kappa shape index (κ3) is 5.90. The number of alkyl halides is 1. The Labute approximate surface area is 134 Å². The van der Waals surface area contributed by atoms with Crippen LogP contribution in [-0.4, -0.2) is 10.1 Å². The normalized spacial score (nSPS) is 12.1. The smallest absolute Gasteiger partial charge is 0.130 e. The first-order valence-corrected chi connectivity index (χ1v) is 8.30. The molecule has 2 rings (SSSR count). The molecule has 0 aliphatic rings. The molecule has 0 fully saturated rings. The molecule has 2 aromatic rings. The fraction of sp³-hybridized carbons (Fsp3) is 0.333. The fourth-order valence-corrected chi connectivity index (χ4v) is 2.55. The van der Waals surface area contributed by atoms with E-state index in [4.69, 9.17) is 4.74 Å². The first-order chi connectivity index (χ1) is 10.3. The number of hydrogen-bond donors (Lipinski definition) is 1. The molecule has 0 aliphatic heterocycles. The molecule has 0 spiro atoms. The Morgan fingerprint density at radius 1 is 0.905 bits per heavy atom. The van der Waals surface area contributed by atoms with Gasteiger partial charge in [-0.2, -0.15) is 0 Å². The zero-order chi connectivity index (χ0) is 14.9.